The maximum atomic E-state index is 12.5. The van der Waals surface area contributed by atoms with E-state index in [-0.39, 0.29) is 12.0 Å². The van der Waals surface area contributed by atoms with Crippen LogP contribution in [0.25, 0.3) is 0 Å². The fourth-order valence-electron chi connectivity index (χ4n) is 2.44. The van der Waals surface area contributed by atoms with Crippen molar-refractivity contribution in [1.29, 1.82) is 0 Å². The molecule has 0 aliphatic carbocycles. The van der Waals surface area contributed by atoms with Crippen LogP contribution >= 0.6 is 0 Å². The molecule has 23 heavy (non-hydrogen) atoms. The van der Waals surface area contributed by atoms with Crippen molar-refractivity contribution in [2.75, 3.05) is 18.5 Å². The highest BCUT2D eigenvalue weighted by atomic mass is 16.5. The number of aryl methyl sites for hydroxylation is 2. The first-order valence-corrected chi connectivity index (χ1v) is 7.71. The van der Waals surface area contributed by atoms with Crippen molar-refractivity contribution < 1.29 is 14.3 Å². The summed E-state index contributed by atoms with van der Waals surface area (Å²) in [6.45, 7) is 5.28. The van der Waals surface area contributed by atoms with Crippen LogP contribution in [0.2, 0.25) is 0 Å². The van der Waals surface area contributed by atoms with Crippen molar-refractivity contribution in [3.63, 3.8) is 0 Å². The average Bonchev–Trinajstić information content (AvgIpc) is 3.04. The molecule has 2 aromatic rings. The predicted octanol–water partition coefficient (Wildman–Crippen LogP) is 3.12. The zero-order valence-electron chi connectivity index (χ0n) is 13.3. The number of carbonyl (C=O) groups is 1. The zero-order valence-corrected chi connectivity index (χ0v) is 13.3. The normalized spacial score (nSPS) is 17.0. The third-order valence-electron chi connectivity index (χ3n) is 3.95. The number of amides is 1. The topological polar surface area (TPSA) is 60.5 Å². The molecular formula is C18H20N2O3. The second kappa shape index (κ2) is 6.79. The number of carbonyl (C=O) groups excluding carboxylic acids is 1. The van der Waals surface area contributed by atoms with Gasteiger partial charge in [0.15, 0.2) is 0 Å². The van der Waals surface area contributed by atoms with Crippen LogP contribution < -0.4 is 10.1 Å². The lowest BCUT2D eigenvalue weighted by Gasteiger charge is -2.14. The van der Waals surface area contributed by atoms with Crippen LogP contribution in [-0.4, -0.2) is 30.2 Å². The Morgan fingerprint density at radius 3 is 2.91 bits per heavy atom. The Balaban J connectivity index is 1.77. The summed E-state index contributed by atoms with van der Waals surface area (Å²) in [5.74, 6) is 0.125. The van der Waals surface area contributed by atoms with Gasteiger partial charge in [-0.2, -0.15) is 0 Å². The van der Waals surface area contributed by atoms with E-state index < -0.39 is 0 Å². The Hall–Kier alpha value is -2.40. The van der Waals surface area contributed by atoms with Gasteiger partial charge in [-0.05, 0) is 49.2 Å². The highest BCUT2D eigenvalue weighted by Crippen LogP contribution is 2.21. The van der Waals surface area contributed by atoms with Crippen molar-refractivity contribution in [2.45, 2.75) is 26.4 Å². The summed E-state index contributed by atoms with van der Waals surface area (Å²) in [5.41, 5.74) is 3.51. The van der Waals surface area contributed by atoms with E-state index in [0.29, 0.717) is 24.7 Å². The van der Waals surface area contributed by atoms with Gasteiger partial charge in [0.1, 0.15) is 11.7 Å². The number of nitrogens with one attached hydrogen (secondary N) is 1. The van der Waals surface area contributed by atoms with E-state index in [1.165, 1.54) is 5.56 Å². The Bertz CT molecular complexity index is 709. The molecule has 1 atom stereocenters. The largest absolute Gasteiger partial charge is 0.471 e. The zero-order chi connectivity index (χ0) is 16.2. The van der Waals surface area contributed by atoms with Crippen LogP contribution in [-0.2, 0) is 4.74 Å². The molecule has 3 rings (SSSR count). The highest BCUT2D eigenvalue weighted by Gasteiger charge is 2.21. The minimum atomic E-state index is -0.227. The molecule has 0 saturated carbocycles. The third-order valence-corrected chi connectivity index (χ3v) is 3.95. The molecule has 5 nitrogen and oxygen atoms in total. The summed E-state index contributed by atoms with van der Waals surface area (Å²) >= 11 is 0. The fourth-order valence-corrected chi connectivity index (χ4v) is 2.44. The molecular weight excluding hydrogens is 292 g/mol. The lowest BCUT2D eigenvalue weighted by molar-refractivity contribution is 0.101. The number of ether oxygens (including phenoxy) is 2. The molecule has 120 valence electrons. The number of benzene rings is 1. The summed E-state index contributed by atoms with van der Waals surface area (Å²) in [6.07, 6.45) is 2.39. The number of hydrogen-bond donors (Lipinski definition) is 1. The number of hydrogen-bond acceptors (Lipinski definition) is 4. The van der Waals surface area contributed by atoms with Crippen LogP contribution in [0, 0.1) is 13.8 Å². The molecule has 1 saturated heterocycles. The van der Waals surface area contributed by atoms with Crippen molar-refractivity contribution in [2.24, 2.45) is 0 Å². The van der Waals surface area contributed by atoms with Crippen molar-refractivity contribution in [3.05, 3.63) is 53.2 Å². The van der Waals surface area contributed by atoms with Crippen LogP contribution in [0.1, 0.15) is 27.9 Å². The van der Waals surface area contributed by atoms with Crippen molar-refractivity contribution in [3.8, 4) is 5.88 Å². The molecule has 1 aliphatic heterocycles. The maximum absolute atomic E-state index is 12.5. The van der Waals surface area contributed by atoms with Gasteiger partial charge in [0.05, 0.1) is 13.2 Å². The van der Waals surface area contributed by atoms with Crippen LogP contribution in [0.5, 0.6) is 5.88 Å². The molecule has 0 radical (unpaired) electrons. The molecule has 2 heterocycles. The van der Waals surface area contributed by atoms with Gasteiger partial charge >= 0.3 is 0 Å². The standard InChI is InChI=1S/C18H20N2O3/c1-12-5-6-14(10-13(12)2)20-17(21)16-4-3-8-19-18(16)23-15-7-9-22-11-15/h3-6,8,10,15H,7,9,11H2,1-2H3,(H,20,21)/t15-/m1/s1. The number of anilines is 1. The summed E-state index contributed by atoms with van der Waals surface area (Å²) in [6, 6.07) is 9.28. The van der Waals surface area contributed by atoms with Gasteiger partial charge in [-0.1, -0.05) is 6.07 Å². The maximum Gasteiger partial charge on any atom is 0.261 e. The Morgan fingerprint density at radius 1 is 1.30 bits per heavy atom. The number of aromatic nitrogens is 1. The lowest BCUT2D eigenvalue weighted by atomic mass is 10.1. The Morgan fingerprint density at radius 2 is 2.17 bits per heavy atom. The van der Waals surface area contributed by atoms with E-state index in [1.807, 2.05) is 32.0 Å². The summed E-state index contributed by atoms with van der Waals surface area (Å²) in [5, 5.41) is 2.90. The van der Waals surface area contributed by atoms with Crippen LogP contribution in [0.15, 0.2) is 36.5 Å². The van der Waals surface area contributed by atoms with Gasteiger partial charge in [-0.3, -0.25) is 4.79 Å². The number of pyridine rings is 1. The lowest BCUT2D eigenvalue weighted by Crippen LogP contribution is -2.20. The molecule has 5 heteroatoms. The Kier molecular flexibility index (Phi) is 4.57. The van der Waals surface area contributed by atoms with Crippen molar-refractivity contribution in [1.82, 2.24) is 4.98 Å². The second-order valence-corrected chi connectivity index (χ2v) is 5.71. The summed E-state index contributed by atoms with van der Waals surface area (Å²) in [4.78, 5) is 16.7. The van der Waals surface area contributed by atoms with E-state index in [0.717, 1.165) is 17.7 Å². The van der Waals surface area contributed by atoms with Crippen LogP contribution in [0.4, 0.5) is 5.69 Å². The average molecular weight is 312 g/mol. The minimum Gasteiger partial charge on any atom is -0.471 e. The molecule has 1 fully saturated rings. The van der Waals surface area contributed by atoms with Gasteiger partial charge in [0.2, 0.25) is 5.88 Å². The first kappa shape index (κ1) is 15.5. The second-order valence-electron chi connectivity index (χ2n) is 5.71. The van der Waals surface area contributed by atoms with Gasteiger partial charge in [0.25, 0.3) is 5.91 Å². The van der Waals surface area contributed by atoms with E-state index in [2.05, 4.69) is 10.3 Å². The molecule has 0 spiro atoms. The number of rotatable bonds is 4. The van der Waals surface area contributed by atoms with E-state index in [4.69, 9.17) is 9.47 Å². The fraction of sp³-hybridized carbons (Fsp3) is 0.333. The monoisotopic (exact) mass is 312 g/mol. The summed E-state index contributed by atoms with van der Waals surface area (Å²) in [7, 11) is 0. The van der Waals surface area contributed by atoms with E-state index in [9.17, 15) is 4.79 Å². The molecule has 1 aromatic heterocycles. The highest BCUT2D eigenvalue weighted by molar-refractivity contribution is 6.05. The van der Waals surface area contributed by atoms with Gasteiger partial charge in [-0.25, -0.2) is 4.98 Å². The minimum absolute atomic E-state index is 0.0435. The molecule has 1 amide bonds. The summed E-state index contributed by atoms with van der Waals surface area (Å²) < 4.78 is 11.1. The first-order chi connectivity index (χ1) is 11.1. The van der Waals surface area contributed by atoms with E-state index >= 15 is 0 Å². The molecule has 1 aliphatic rings. The smallest absolute Gasteiger partial charge is 0.261 e. The predicted molar refractivity (Wildman–Crippen MR) is 88.0 cm³/mol. The molecule has 1 N–H and O–H groups in total. The van der Waals surface area contributed by atoms with Crippen molar-refractivity contribution >= 4 is 11.6 Å². The van der Waals surface area contributed by atoms with E-state index in [1.54, 1.807) is 18.3 Å². The van der Waals surface area contributed by atoms with Gasteiger partial charge in [-0.15, -0.1) is 0 Å². The van der Waals surface area contributed by atoms with Gasteiger partial charge < -0.3 is 14.8 Å². The Labute approximate surface area is 135 Å². The quantitative estimate of drug-likeness (QED) is 0.942. The number of nitrogens with zero attached hydrogens (tertiary/aromatic N) is 1. The van der Waals surface area contributed by atoms with Crippen LogP contribution in [0.3, 0.4) is 0 Å². The molecule has 0 unspecified atom stereocenters. The SMILES string of the molecule is Cc1ccc(NC(=O)c2cccnc2O[C@@H]2CCOC2)cc1C. The first-order valence-electron chi connectivity index (χ1n) is 7.71. The van der Waals surface area contributed by atoms with Gasteiger partial charge in [0, 0.05) is 18.3 Å². The third kappa shape index (κ3) is 3.68. The molecule has 0 bridgehead atoms. The molecule has 1 aromatic carbocycles.